The van der Waals surface area contributed by atoms with Crippen LogP contribution in [0.15, 0.2) is 0 Å². The molecule has 6 heteroatoms. The van der Waals surface area contributed by atoms with Crippen LogP contribution in [0.1, 0.15) is 19.3 Å². The second-order valence-corrected chi connectivity index (χ2v) is 4.31. The molecule has 0 aromatic carbocycles. The molecule has 1 saturated heterocycles. The zero-order chi connectivity index (χ0) is 13.2. The molecule has 2 N–H and O–H groups in total. The Labute approximate surface area is 107 Å². The van der Waals surface area contributed by atoms with E-state index in [1.54, 1.807) is 7.11 Å². The number of carbonyl (C=O) groups is 2. The average molecular weight is 258 g/mol. The first-order valence-corrected chi connectivity index (χ1v) is 6.35. The maximum Gasteiger partial charge on any atom is 0.225 e. The number of ether oxygens (including phenoxy) is 2. The molecule has 0 aromatic rings. The minimum Gasteiger partial charge on any atom is -0.382 e. The third kappa shape index (κ3) is 5.97. The Morgan fingerprint density at radius 3 is 2.89 bits per heavy atom. The Kier molecular flexibility index (Phi) is 7.36. The molecule has 2 amide bonds. The van der Waals surface area contributed by atoms with Crippen molar-refractivity contribution in [3.8, 4) is 0 Å². The number of nitrogens with one attached hydrogen (secondary N) is 2. The Morgan fingerprint density at radius 1 is 1.39 bits per heavy atom. The molecule has 0 aliphatic carbocycles. The molecule has 6 nitrogen and oxygen atoms in total. The van der Waals surface area contributed by atoms with Crippen LogP contribution in [0.3, 0.4) is 0 Å². The van der Waals surface area contributed by atoms with Crippen molar-refractivity contribution < 1.29 is 19.1 Å². The van der Waals surface area contributed by atoms with Gasteiger partial charge in [-0.1, -0.05) is 0 Å². The van der Waals surface area contributed by atoms with Gasteiger partial charge in [-0.05, 0) is 12.8 Å². The highest BCUT2D eigenvalue weighted by molar-refractivity contribution is 5.89. The van der Waals surface area contributed by atoms with Crippen LogP contribution in [-0.2, 0) is 19.1 Å². The van der Waals surface area contributed by atoms with Crippen molar-refractivity contribution in [3.63, 3.8) is 0 Å². The van der Waals surface area contributed by atoms with Crippen molar-refractivity contribution in [2.24, 2.45) is 5.92 Å². The van der Waals surface area contributed by atoms with Gasteiger partial charge >= 0.3 is 0 Å². The van der Waals surface area contributed by atoms with Gasteiger partial charge in [0, 0.05) is 33.2 Å². The van der Waals surface area contributed by atoms with Gasteiger partial charge in [0.2, 0.25) is 11.8 Å². The highest BCUT2D eigenvalue weighted by Crippen LogP contribution is 2.08. The summed E-state index contributed by atoms with van der Waals surface area (Å²) in [7, 11) is 1.64. The predicted molar refractivity (Wildman–Crippen MR) is 66.1 cm³/mol. The van der Waals surface area contributed by atoms with Crippen LogP contribution in [0.5, 0.6) is 0 Å². The summed E-state index contributed by atoms with van der Waals surface area (Å²) in [4.78, 5) is 22.6. The SMILES string of the molecule is COCCOCCCCNC(=O)C1CNC(=O)C1. The number of carbonyl (C=O) groups excluding carboxylic acids is 2. The minimum atomic E-state index is -0.199. The van der Waals surface area contributed by atoms with Crippen LogP contribution in [0.25, 0.3) is 0 Å². The smallest absolute Gasteiger partial charge is 0.225 e. The largest absolute Gasteiger partial charge is 0.382 e. The zero-order valence-corrected chi connectivity index (χ0v) is 10.9. The second-order valence-electron chi connectivity index (χ2n) is 4.31. The van der Waals surface area contributed by atoms with E-state index in [1.165, 1.54) is 0 Å². The molecule has 1 heterocycles. The van der Waals surface area contributed by atoms with Crippen LogP contribution in [-0.4, -0.2) is 51.8 Å². The summed E-state index contributed by atoms with van der Waals surface area (Å²) in [5, 5.41) is 5.48. The lowest BCUT2D eigenvalue weighted by atomic mass is 10.1. The summed E-state index contributed by atoms with van der Waals surface area (Å²) in [6, 6.07) is 0. The van der Waals surface area contributed by atoms with E-state index < -0.39 is 0 Å². The molecule has 1 atom stereocenters. The number of hydrogen-bond acceptors (Lipinski definition) is 4. The van der Waals surface area contributed by atoms with Crippen molar-refractivity contribution in [2.75, 3.05) is 40.0 Å². The van der Waals surface area contributed by atoms with Gasteiger partial charge < -0.3 is 20.1 Å². The molecule has 1 aliphatic rings. The van der Waals surface area contributed by atoms with E-state index in [4.69, 9.17) is 9.47 Å². The lowest BCUT2D eigenvalue weighted by molar-refractivity contribution is -0.126. The van der Waals surface area contributed by atoms with Crippen LogP contribution >= 0.6 is 0 Å². The Hall–Kier alpha value is -1.14. The first kappa shape index (κ1) is 14.9. The minimum absolute atomic E-state index is 0.0337. The highest BCUT2D eigenvalue weighted by Gasteiger charge is 2.27. The van der Waals surface area contributed by atoms with Gasteiger partial charge in [0.05, 0.1) is 19.1 Å². The summed E-state index contributed by atoms with van der Waals surface area (Å²) < 4.78 is 10.2. The number of hydrogen-bond donors (Lipinski definition) is 2. The molecule has 0 radical (unpaired) electrons. The number of rotatable bonds is 9. The first-order chi connectivity index (χ1) is 8.74. The Balaban J connectivity index is 1.91. The van der Waals surface area contributed by atoms with Crippen LogP contribution in [0.2, 0.25) is 0 Å². The molecular weight excluding hydrogens is 236 g/mol. The van der Waals surface area contributed by atoms with Crippen molar-refractivity contribution in [1.29, 1.82) is 0 Å². The van der Waals surface area contributed by atoms with Crippen molar-refractivity contribution in [3.05, 3.63) is 0 Å². The van der Waals surface area contributed by atoms with Gasteiger partial charge in [-0.3, -0.25) is 9.59 Å². The molecule has 0 aromatic heterocycles. The monoisotopic (exact) mass is 258 g/mol. The molecule has 1 unspecified atom stereocenters. The van der Waals surface area contributed by atoms with E-state index in [9.17, 15) is 9.59 Å². The van der Waals surface area contributed by atoms with Gasteiger partial charge in [-0.25, -0.2) is 0 Å². The second kappa shape index (κ2) is 8.88. The fourth-order valence-electron chi connectivity index (χ4n) is 1.72. The summed E-state index contributed by atoms with van der Waals surface area (Å²) in [6.45, 7) is 3.00. The maximum atomic E-state index is 11.6. The maximum absolute atomic E-state index is 11.6. The van der Waals surface area contributed by atoms with E-state index in [-0.39, 0.29) is 17.7 Å². The molecule has 0 saturated carbocycles. The fraction of sp³-hybridized carbons (Fsp3) is 0.833. The third-order valence-corrected chi connectivity index (χ3v) is 2.79. The predicted octanol–water partition coefficient (Wildman–Crippen LogP) is -0.318. The molecule has 0 spiro atoms. The van der Waals surface area contributed by atoms with Crippen molar-refractivity contribution in [1.82, 2.24) is 10.6 Å². The normalized spacial score (nSPS) is 18.7. The van der Waals surface area contributed by atoms with Gasteiger partial charge in [0.1, 0.15) is 0 Å². The van der Waals surface area contributed by atoms with Gasteiger partial charge in [-0.2, -0.15) is 0 Å². The molecule has 1 aliphatic heterocycles. The Bertz CT molecular complexity index is 271. The lowest BCUT2D eigenvalue weighted by Crippen LogP contribution is -2.32. The average Bonchev–Trinajstić information content (AvgIpc) is 2.79. The van der Waals surface area contributed by atoms with Crippen LogP contribution in [0, 0.1) is 5.92 Å². The van der Waals surface area contributed by atoms with E-state index in [0.717, 1.165) is 12.8 Å². The molecule has 1 rings (SSSR count). The highest BCUT2D eigenvalue weighted by atomic mass is 16.5. The van der Waals surface area contributed by atoms with Gasteiger partial charge in [-0.15, -0.1) is 0 Å². The standard InChI is InChI=1S/C12H22N2O4/c1-17-6-7-18-5-3-2-4-13-12(16)10-8-11(15)14-9-10/h10H,2-9H2,1H3,(H,13,16)(H,14,15). The topological polar surface area (TPSA) is 76.7 Å². The Morgan fingerprint density at radius 2 is 2.22 bits per heavy atom. The van der Waals surface area contributed by atoms with Gasteiger partial charge in [0.15, 0.2) is 0 Å². The first-order valence-electron chi connectivity index (χ1n) is 6.35. The zero-order valence-electron chi connectivity index (χ0n) is 10.9. The fourth-order valence-corrected chi connectivity index (χ4v) is 1.72. The molecule has 18 heavy (non-hydrogen) atoms. The number of unbranched alkanes of at least 4 members (excludes halogenated alkanes) is 1. The summed E-state index contributed by atoms with van der Waals surface area (Å²) in [6.07, 6.45) is 2.10. The molecule has 104 valence electrons. The van der Waals surface area contributed by atoms with Crippen molar-refractivity contribution in [2.45, 2.75) is 19.3 Å². The van der Waals surface area contributed by atoms with E-state index in [2.05, 4.69) is 10.6 Å². The summed E-state index contributed by atoms with van der Waals surface area (Å²) >= 11 is 0. The number of amides is 2. The summed E-state index contributed by atoms with van der Waals surface area (Å²) in [5.41, 5.74) is 0. The molecular formula is C12H22N2O4. The van der Waals surface area contributed by atoms with E-state index >= 15 is 0 Å². The molecule has 1 fully saturated rings. The van der Waals surface area contributed by atoms with Crippen LogP contribution in [0.4, 0.5) is 0 Å². The van der Waals surface area contributed by atoms with E-state index in [0.29, 0.717) is 39.3 Å². The van der Waals surface area contributed by atoms with Crippen molar-refractivity contribution >= 4 is 11.8 Å². The lowest BCUT2D eigenvalue weighted by Gasteiger charge is -2.09. The third-order valence-electron chi connectivity index (χ3n) is 2.79. The quantitative estimate of drug-likeness (QED) is 0.556. The number of methoxy groups -OCH3 is 1. The van der Waals surface area contributed by atoms with Crippen LogP contribution < -0.4 is 10.6 Å². The van der Waals surface area contributed by atoms with E-state index in [1.807, 2.05) is 0 Å². The van der Waals surface area contributed by atoms with Gasteiger partial charge in [0.25, 0.3) is 0 Å². The summed E-state index contributed by atoms with van der Waals surface area (Å²) in [5.74, 6) is -0.272. The molecule has 0 bridgehead atoms.